The van der Waals surface area contributed by atoms with Crippen molar-refractivity contribution in [3.05, 3.63) is 41.0 Å². The molecule has 6 heteroatoms. The number of fused-ring (bicyclic) bond motifs is 1. The molecule has 2 aromatic rings. The van der Waals surface area contributed by atoms with Crippen LogP contribution in [0.3, 0.4) is 0 Å². The Morgan fingerprint density at radius 2 is 1.90 bits per heavy atom. The first-order valence-electron chi connectivity index (χ1n) is 6.54. The zero-order valence-electron chi connectivity index (χ0n) is 11.1. The van der Waals surface area contributed by atoms with Crippen LogP contribution in [0.25, 0.3) is 11.2 Å². The summed E-state index contributed by atoms with van der Waals surface area (Å²) in [5.74, 6) is 0. The molecule has 0 atom stereocenters. The Labute approximate surface area is 115 Å². The summed E-state index contributed by atoms with van der Waals surface area (Å²) in [6, 6.07) is 5.39. The fourth-order valence-corrected chi connectivity index (χ4v) is 2.68. The molecule has 0 radical (unpaired) electrons. The quantitative estimate of drug-likeness (QED) is 0.848. The third-order valence-corrected chi connectivity index (χ3v) is 3.74. The summed E-state index contributed by atoms with van der Waals surface area (Å²) < 4.78 is 39.9. The average molecular weight is 278 g/mol. The summed E-state index contributed by atoms with van der Waals surface area (Å²) in [6.45, 7) is 6.62. The molecule has 0 saturated carbocycles. The predicted octanol–water partition coefficient (Wildman–Crippen LogP) is 2.92. The molecule has 1 aliphatic rings. The van der Waals surface area contributed by atoms with E-state index in [9.17, 15) is 13.2 Å². The van der Waals surface area contributed by atoms with E-state index in [-0.39, 0.29) is 0 Å². The van der Waals surface area contributed by atoms with Gasteiger partial charge in [0.05, 0.1) is 0 Å². The predicted molar refractivity (Wildman–Crippen MR) is 72.7 cm³/mol. The van der Waals surface area contributed by atoms with Crippen molar-refractivity contribution >= 4 is 6.91 Å². The van der Waals surface area contributed by atoms with E-state index in [1.54, 1.807) is 12.1 Å². The number of nitrogens with zero attached hydrogens (tertiary/aromatic N) is 1. The molecule has 20 heavy (non-hydrogen) atoms. The SMILES string of the molecule is Cc1bc(-c2ccc(C(F)(F)F)cc2)n2c1CNCC2. The fourth-order valence-electron chi connectivity index (χ4n) is 2.68. The minimum absolute atomic E-state index is 0.606. The third-order valence-electron chi connectivity index (χ3n) is 3.74. The number of aryl methyl sites for hydroxylation is 1. The summed E-state index contributed by atoms with van der Waals surface area (Å²) in [5.41, 5.74) is 3.60. The monoisotopic (exact) mass is 278 g/mol. The zero-order chi connectivity index (χ0) is 14.3. The summed E-state index contributed by atoms with van der Waals surface area (Å²) in [7, 11) is 0. The van der Waals surface area contributed by atoms with Gasteiger partial charge in [-0.1, -0.05) is 0 Å². The molecule has 0 saturated heterocycles. The van der Waals surface area contributed by atoms with Gasteiger partial charge in [0.15, 0.2) is 0 Å². The molecule has 0 unspecified atom stereocenters. The van der Waals surface area contributed by atoms with E-state index >= 15 is 0 Å². The number of hydrogen-bond donors (Lipinski definition) is 1. The molecule has 3 rings (SSSR count). The topological polar surface area (TPSA) is 17.0 Å². The van der Waals surface area contributed by atoms with Gasteiger partial charge in [-0.15, -0.1) is 0 Å². The molecule has 0 spiro atoms. The summed E-state index contributed by atoms with van der Waals surface area (Å²) in [5, 5.41) is 3.31. The Morgan fingerprint density at radius 1 is 1.20 bits per heavy atom. The van der Waals surface area contributed by atoms with Crippen LogP contribution < -0.4 is 5.32 Å². The molecule has 1 aliphatic heterocycles. The first-order chi connectivity index (χ1) is 9.47. The van der Waals surface area contributed by atoms with Gasteiger partial charge in [0.25, 0.3) is 0 Å². The Morgan fingerprint density at radius 3 is 2.55 bits per heavy atom. The first kappa shape index (κ1) is 13.4. The second-order valence-corrected chi connectivity index (χ2v) is 5.06. The molecule has 2 heterocycles. The van der Waals surface area contributed by atoms with Crippen LogP contribution in [0.4, 0.5) is 13.2 Å². The van der Waals surface area contributed by atoms with Crippen molar-refractivity contribution in [3.63, 3.8) is 0 Å². The van der Waals surface area contributed by atoms with Crippen molar-refractivity contribution in [2.75, 3.05) is 6.54 Å². The Kier molecular flexibility index (Phi) is 3.20. The van der Waals surface area contributed by atoms with Crippen molar-refractivity contribution < 1.29 is 13.2 Å². The van der Waals surface area contributed by atoms with Crippen LogP contribution >= 0.6 is 0 Å². The van der Waals surface area contributed by atoms with Gasteiger partial charge >= 0.3 is 115 Å². The fraction of sp³-hybridized carbons (Fsp3) is 0.357. The van der Waals surface area contributed by atoms with E-state index in [4.69, 9.17) is 0 Å². The molecular formula is C14H14BF3N2. The normalized spacial score (nSPS) is 15.0. The van der Waals surface area contributed by atoms with Crippen LogP contribution in [0.15, 0.2) is 24.3 Å². The molecule has 2 nitrogen and oxygen atoms in total. The van der Waals surface area contributed by atoms with E-state index in [0.717, 1.165) is 42.9 Å². The van der Waals surface area contributed by atoms with Crippen LogP contribution in [0.1, 0.15) is 16.7 Å². The third kappa shape index (κ3) is 2.28. The van der Waals surface area contributed by atoms with Crippen molar-refractivity contribution in [1.29, 1.82) is 0 Å². The maximum absolute atomic E-state index is 12.6. The van der Waals surface area contributed by atoms with Gasteiger partial charge in [-0.3, -0.25) is 0 Å². The Hall–Kier alpha value is -1.56. The number of hydrogen-bond acceptors (Lipinski definition) is 1. The van der Waals surface area contributed by atoms with Gasteiger partial charge in [0.2, 0.25) is 0 Å². The average Bonchev–Trinajstić information content (AvgIpc) is 2.76. The minimum atomic E-state index is -4.28. The van der Waals surface area contributed by atoms with Gasteiger partial charge in [-0.25, -0.2) is 0 Å². The van der Waals surface area contributed by atoms with Crippen molar-refractivity contribution in [1.82, 2.24) is 9.88 Å². The molecule has 104 valence electrons. The number of rotatable bonds is 1. The number of aromatic nitrogens is 1. The summed E-state index contributed by atoms with van der Waals surface area (Å²) in [6.07, 6.45) is -4.28. The second kappa shape index (κ2) is 4.77. The first-order valence-corrected chi connectivity index (χ1v) is 6.54. The van der Waals surface area contributed by atoms with Crippen molar-refractivity contribution in [2.24, 2.45) is 0 Å². The molecule has 0 aliphatic carbocycles. The van der Waals surface area contributed by atoms with Crippen LogP contribution in [0, 0.1) is 6.92 Å². The van der Waals surface area contributed by atoms with E-state index in [0.29, 0.717) is 0 Å². The number of halogens is 3. The number of nitrogens with one attached hydrogen (secondary N) is 1. The standard InChI is InChI=1S/C14H14BF3N2/c1-9-12-8-19-6-7-20(12)13(15-9)10-2-4-11(5-3-10)14(16,17)18/h2-5,19H,6-8H2,1H3. The van der Waals surface area contributed by atoms with E-state index < -0.39 is 11.7 Å². The van der Waals surface area contributed by atoms with E-state index in [1.165, 1.54) is 11.2 Å². The molecule has 0 bridgehead atoms. The maximum atomic E-state index is 12.6. The second-order valence-electron chi connectivity index (χ2n) is 5.06. The Bertz CT molecular complexity index is 629. The number of alkyl halides is 3. The van der Waals surface area contributed by atoms with Crippen LogP contribution in [-0.2, 0) is 19.3 Å². The van der Waals surface area contributed by atoms with Crippen LogP contribution in [0.5, 0.6) is 0 Å². The van der Waals surface area contributed by atoms with Gasteiger partial charge in [0, 0.05) is 0 Å². The molecule has 1 N–H and O–H groups in total. The Balaban J connectivity index is 2.01. The van der Waals surface area contributed by atoms with Crippen LogP contribution in [0.2, 0.25) is 0 Å². The number of benzene rings is 1. The summed E-state index contributed by atoms with van der Waals surface area (Å²) in [4.78, 5) is 0. The molecule has 0 fully saturated rings. The van der Waals surface area contributed by atoms with Gasteiger partial charge in [-0.05, 0) is 0 Å². The van der Waals surface area contributed by atoms with Crippen LogP contribution in [-0.4, -0.2) is 18.0 Å². The van der Waals surface area contributed by atoms with E-state index in [2.05, 4.69) is 9.88 Å². The van der Waals surface area contributed by atoms with Crippen molar-refractivity contribution in [3.8, 4) is 11.2 Å². The van der Waals surface area contributed by atoms with E-state index in [1.807, 2.05) is 13.8 Å². The zero-order valence-corrected chi connectivity index (χ0v) is 11.1. The van der Waals surface area contributed by atoms with Gasteiger partial charge in [0.1, 0.15) is 0 Å². The molecular weight excluding hydrogens is 264 g/mol. The molecule has 0 amide bonds. The molecule has 1 aromatic heterocycles. The summed E-state index contributed by atoms with van der Waals surface area (Å²) >= 11 is 0. The van der Waals surface area contributed by atoms with Gasteiger partial charge in [-0.2, -0.15) is 0 Å². The molecule has 1 aromatic carbocycles. The van der Waals surface area contributed by atoms with Crippen molar-refractivity contribution in [2.45, 2.75) is 26.2 Å². The van der Waals surface area contributed by atoms with Gasteiger partial charge < -0.3 is 0 Å².